The van der Waals surface area contributed by atoms with Crippen LogP contribution in [0.3, 0.4) is 0 Å². The summed E-state index contributed by atoms with van der Waals surface area (Å²) in [7, 11) is 0. The van der Waals surface area contributed by atoms with Crippen LogP contribution in [0.1, 0.15) is 50.7 Å². The Labute approximate surface area is 142 Å². The molecule has 1 heterocycles. The van der Waals surface area contributed by atoms with Crippen LogP contribution >= 0.6 is 0 Å². The van der Waals surface area contributed by atoms with Gasteiger partial charge in [0, 0.05) is 6.54 Å². The number of rotatable bonds is 5. The highest BCUT2D eigenvalue weighted by molar-refractivity contribution is 5.75. The van der Waals surface area contributed by atoms with Crippen LogP contribution in [-0.4, -0.2) is 45.0 Å². The molecule has 1 aliphatic rings. The maximum atomic E-state index is 10.8. The van der Waals surface area contributed by atoms with E-state index in [-0.39, 0.29) is 0 Å². The molecule has 0 amide bonds. The number of hydroxylamine groups is 2. The maximum absolute atomic E-state index is 10.8. The largest absolute Gasteiger partial charge is 0.481 e. The highest BCUT2D eigenvalue weighted by Gasteiger charge is 2.28. The van der Waals surface area contributed by atoms with Gasteiger partial charge >= 0.3 is 11.9 Å². The smallest absolute Gasteiger partial charge is 0.323 e. The number of hydrogen-bond acceptors (Lipinski definition) is 4. The van der Waals surface area contributed by atoms with Gasteiger partial charge in [0.25, 0.3) is 0 Å². The van der Waals surface area contributed by atoms with Gasteiger partial charge in [0.1, 0.15) is 6.04 Å². The number of nitrogens with zero attached hydrogens (tertiary/aromatic N) is 1. The fourth-order valence-corrected chi connectivity index (χ4v) is 2.56. The van der Waals surface area contributed by atoms with E-state index in [1.54, 1.807) is 6.92 Å². The summed E-state index contributed by atoms with van der Waals surface area (Å²) < 4.78 is 0. The summed E-state index contributed by atoms with van der Waals surface area (Å²) in [6.45, 7) is 6.54. The zero-order valence-electron chi connectivity index (χ0n) is 14.5. The Hall–Kier alpha value is -1.92. The number of benzene rings is 1. The molecule has 6 heteroatoms. The topological polar surface area (TPSA) is 98.1 Å². The summed E-state index contributed by atoms with van der Waals surface area (Å²) in [6, 6.07) is 7.21. The zero-order valence-corrected chi connectivity index (χ0v) is 14.5. The second kappa shape index (κ2) is 9.39. The molecule has 0 radical (unpaired) electrons. The summed E-state index contributed by atoms with van der Waals surface area (Å²) in [4.78, 5) is 21.0. The quantitative estimate of drug-likeness (QED) is 0.764. The van der Waals surface area contributed by atoms with Gasteiger partial charge in [0.05, 0.1) is 5.92 Å². The van der Waals surface area contributed by atoms with Crippen LogP contribution in [-0.2, 0) is 16.0 Å². The lowest BCUT2D eigenvalue weighted by Gasteiger charge is -2.11. The van der Waals surface area contributed by atoms with Crippen LogP contribution in [0.15, 0.2) is 24.3 Å². The highest BCUT2D eigenvalue weighted by Crippen LogP contribution is 2.17. The first kappa shape index (κ1) is 20.1. The first-order valence-electron chi connectivity index (χ1n) is 8.22. The first-order chi connectivity index (χ1) is 11.2. The second-order valence-electron chi connectivity index (χ2n) is 6.56. The minimum Gasteiger partial charge on any atom is -0.481 e. The molecule has 0 aromatic heterocycles. The molecule has 2 atom stereocenters. The third kappa shape index (κ3) is 6.29. The van der Waals surface area contributed by atoms with Crippen molar-refractivity contribution in [2.45, 2.75) is 52.0 Å². The Balaban J connectivity index is 0.000000272. The number of carboxylic acids is 2. The molecule has 0 bridgehead atoms. The van der Waals surface area contributed by atoms with E-state index in [1.807, 2.05) is 24.3 Å². The number of carboxylic acid groups (broad SMARTS) is 2. The number of aliphatic carboxylic acids is 2. The molecular formula is C18H27NO5. The average Bonchev–Trinajstić information content (AvgIpc) is 2.93. The SMILES string of the molecule is CC(C)Cc1ccc(C(C)C(=O)O)cc1.O=C(O)[C@@H]1CCCN1O. The third-order valence-electron chi connectivity index (χ3n) is 4.00. The maximum Gasteiger partial charge on any atom is 0.323 e. The van der Waals surface area contributed by atoms with Crippen molar-refractivity contribution in [1.29, 1.82) is 0 Å². The summed E-state index contributed by atoms with van der Waals surface area (Å²) in [5.74, 6) is -1.49. The van der Waals surface area contributed by atoms with E-state index in [1.165, 1.54) is 5.56 Å². The van der Waals surface area contributed by atoms with Crippen LogP contribution in [0, 0.1) is 5.92 Å². The van der Waals surface area contributed by atoms with E-state index in [0.29, 0.717) is 18.9 Å². The van der Waals surface area contributed by atoms with Crippen LogP contribution in [0.5, 0.6) is 0 Å². The Morgan fingerprint density at radius 3 is 2.08 bits per heavy atom. The van der Waals surface area contributed by atoms with E-state index in [4.69, 9.17) is 15.4 Å². The van der Waals surface area contributed by atoms with Crippen LogP contribution in [0.25, 0.3) is 0 Å². The van der Waals surface area contributed by atoms with Crippen LogP contribution in [0.2, 0.25) is 0 Å². The van der Waals surface area contributed by atoms with E-state index < -0.39 is 23.9 Å². The molecule has 24 heavy (non-hydrogen) atoms. The van der Waals surface area contributed by atoms with Gasteiger partial charge in [-0.25, -0.2) is 0 Å². The number of carbonyl (C=O) groups is 2. The van der Waals surface area contributed by atoms with E-state index in [0.717, 1.165) is 23.5 Å². The number of hydrogen-bond donors (Lipinski definition) is 3. The highest BCUT2D eigenvalue weighted by atomic mass is 16.5. The lowest BCUT2D eigenvalue weighted by molar-refractivity contribution is -0.161. The van der Waals surface area contributed by atoms with Crippen molar-refractivity contribution < 1.29 is 25.0 Å². The van der Waals surface area contributed by atoms with Crippen molar-refractivity contribution >= 4 is 11.9 Å². The van der Waals surface area contributed by atoms with Gasteiger partial charge in [-0.2, -0.15) is 5.06 Å². The second-order valence-corrected chi connectivity index (χ2v) is 6.56. The monoisotopic (exact) mass is 337 g/mol. The minimum absolute atomic E-state index is 0.418. The molecule has 1 aliphatic heterocycles. The third-order valence-corrected chi connectivity index (χ3v) is 4.00. The van der Waals surface area contributed by atoms with Crippen molar-refractivity contribution in [3.63, 3.8) is 0 Å². The van der Waals surface area contributed by atoms with Gasteiger partial charge in [-0.3, -0.25) is 9.59 Å². The minimum atomic E-state index is -0.935. The molecule has 1 aromatic carbocycles. The Morgan fingerprint density at radius 2 is 1.75 bits per heavy atom. The lowest BCUT2D eigenvalue weighted by Crippen LogP contribution is -2.32. The molecular weight excluding hydrogens is 310 g/mol. The molecule has 0 saturated carbocycles. The predicted molar refractivity (Wildman–Crippen MR) is 90.2 cm³/mol. The Morgan fingerprint density at radius 1 is 1.17 bits per heavy atom. The molecule has 1 aromatic rings. The van der Waals surface area contributed by atoms with Gasteiger partial charge in [0.15, 0.2) is 0 Å². The molecule has 1 saturated heterocycles. The molecule has 2 rings (SSSR count). The standard InChI is InChI=1S/C13H18O2.C5H9NO3/c1-9(2)8-11-4-6-12(7-5-11)10(3)13(14)15;7-5(8)4-2-1-3-6(4)9/h4-7,9-10H,8H2,1-3H3,(H,14,15);4,9H,1-3H2,(H,7,8)/t;4-/m.0/s1. The van der Waals surface area contributed by atoms with Crippen molar-refractivity contribution in [1.82, 2.24) is 5.06 Å². The molecule has 134 valence electrons. The van der Waals surface area contributed by atoms with Crippen molar-refractivity contribution in [3.8, 4) is 0 Å². The summed E-state index contributed by atoms with van der Waals surface area (Å²) in [5, 5.41) is 26.9. The van der Waals surface area contributed by atoms with E-state index >= 15 is 0 Å². The molecule has 0 aliphatic carbocycles. The van der Waals surface area contributed by atoms with Crippen LogP contribution in [0.4, 0.5) is 0 Å². The normalized spacial score (nSPS) is 18.8. The van der Waals surface area contributed by atoms with Gasteiger partial charge < -0.3 is 15.4 Å². The van der Waals surface area contributed by atoms with Gasteiger partial charge in [0.2, 0.25) is 0 Å². The van der Waals surface area contributed by atoms with Gasteiger partial charge in [-0.15, -0.1) is 0 Å². The summed E-state index contributed by atoms with van der Waals surface area (Å²) in [6.07, 6.45) is 2.38. The predicted octanol–water partition coefficient (Wildman–Crippen LogP) is 3.00. The van der Waals surface area contributed by atoms with Gasteiger partial charge in [-0.05, 0) is 43.2 Å². The van der Waals surface area contributed by atoms with Crippen LogP contribution < -0.4 is 0 Å². The lowest BCUT2D eigenvalue weighted by atomic mass is 9.97. The summed E-state index contributed by atoms with van der Waals surface area (Å²) >= 11 is 0. The molecule has 1 fully saturated rings. The fraction of sp³-hybridized carbons (Fsp3) is 0.556. The Bertz CT molecular complexity index is 541. The zero-order chi connectivity index (χ0) is 18.3. The first-order valence-corrected chi connectivity index (χ1v) is 8.22. The molecule has 6 nitrogen and oxygen atoms in total. The summed E-state index contributed by atoms with van der Waals surface area (Å²) in [5.41, 5.74) is 2.14. The van der Waals surface area contributed by atoms with Crippen molar-refractivity contribution in [3.05, 3.63) is 35.4 Å². The van der Waals surface area contributed by atoms with E-state index in [9.17, 15) is 9.59 Å². The fourth-order valence-electron chi connectivity index (χ4n) is 2.56. The van der Waals surface area contributed by atoms with Crippen molar-refractivity contribution in [2.75, 3.05) is 6.54 Å². The molecule has 1 unspecified atom stereocenters. The van der Waals surface area contributed by atoms with Crippen molar-refractivity contribution in [2.24, 2.45) is 5.92 Å². The molecule has 3 N–H and O–H groups in total. The average molecular weight is 337 g/mol. The Kier molecular flexibility index (Phi) is 7.88. The molecule has 0 spiro atoms. The van der Waals surface area contributed by atoms with E-state index in [2.05, 4.69) is 13.8 Å². The van der Waals surface area contributed by atoms with Gasteiger partial charge in [-0.1, -0.05) is 38.1 Å².